The van der Waals surface area contributed by atoms with Gasteiger partial charge < -0.3 is 30.3 Å². The molecule has 3 fully saturated rings. The molecule has 0 spiro atoms. The summed E-state index contributed by atoms with van der Waals surface area (Å²) in [6, 6.07) is 9.16. The second-order valence-corrected chi connectivity index (χ2v) is 16.2. The number of benzene rings is 1. The van der Waals surface area contributed by atoms with Crippen LogP contribution < -0.4 is 25.4 Å². The fourth-order valence-electron chi connectivity index (χ4n) is 7.14. The number of alkyl carbamates (subject to hydrolysis) is 1. The van der Waals surface area contributed by atoms with Crippen molar-refractivity contribution in [2.75, 3.05) is 19.8 Å². The molecule has 1 saturated heterocycles. The average molecular weight is 759 g/mol. The Bertz CT molecular complexity index is 2040. The molecule has 7 rings (SSSR count). The van der Waals surface area contributed by atoms with Crippen molar-refractivity contribution < 1.29 is 41.9 Å². The zero-order valence-corrected chi connectivity index (χ0v) is 30.4. The second-order valence-electron chi connectivity index (χ2n) is 14.3. The molecule has 5 aliphatic rings. The standard InChI is InChI=1S/C38H42N6O9S/c45-33-30-15-9-14-29(40-30)24-10-8-12-27(20-24)52-18-6-7-19-53-37(49)41-31-13-5-3-1-2-4-11-25-22-38(25,36(48)43-54(50,51)28-16-17-28)42-34(46)32-21-26(39-33)23-44(32)35(31)47/h4,8-12,14-15,20,25-26,28,31-32H,1-3,5,13,16-19,21-23H2,(H,39,45)(H,41,49)(H,42,46)(H,43,48)/b11-4-/t25-,26-,31+,32+,38?/m1/s1. The van der Waals surface area contributed by atoms with Crippen molar-refractivity contribution in [3.63, 3.8) is 0 Å². The molecule has 3 aliphatic heterocycles. The number of hydrogen-bond donors (Lipinski definition) is 4. The lowest BCUT2D eigenvalue weighted by Gasteiger charge is -2.29. The Balaban J connectivity index is 1.20. The molecule has 16 heteroatoms. The van der Waals surface area contributed by atoms with E-state index in [0.29, 0.717) is 42.7 Å². The van der Waals surface area contributed by atoms with Crippen molar-refractivity contribution in [2.45, 2.75) is 86.7 Å². The number of nitrogens with one attached hydrogen (secondary N) is 4. The van der Waals surface area contributed by atoms with Gasteiger partial charge in [-0.1, -0.05) is 55.0 Å². The minimum absolute atomic E-state index is 0.0143. The van der Waals surface area contributed by atoms with E-state index in [1.807, 2.05) is 18.2 Å². The number of nitrogens with zero attached hydrogens (tertiary/aromatic N) is 2. The minimum atomic E-state index is -3.91. The van der Waals surface area contributed by atoms with Gasteiger partial charge in [0.2, 0.25) is 21.8 Å². The van der Waals surface area contributed by atoms with Crippen LogP contribution in [0.5, 0.6) is 5.75 Å². The summed E-state index contributed by atoms with van der Waals surface area (Å²) in [4.78, 5) is 74.7. The van der Waals surface area contributed by atoms with Crippen molar-refractivity contribution in [1.29, 1.82) is 0 Å². The van der Waals surface area contributed by atoms with Crippen molar-refractivity contribution in [2.24, 2.45) is 5.92 Å². The Morgan fingerprint density at radius 3 is 2.54 bits per heavy atom. The monoisotopic (exact) mass is 758 g/mol. The van der Waals surface area contributed by atoms with Gasteiger partial charge in [-0.25, -0.2) is 18.2 Å². The summed E-state index contributed by atoms with van der Waals surface area (Å²) in [5.41, 5.74) is -0.223. The van der Waals surface area contributed by atoms with Crippen LogP contribution in [0.15, 0.2) is 54.6 Å². The van der Waals surface area contributed by atoms with Crippen molar-refractivity contribution in [3.8, 4) is 28.8 Å². The van der Waals surface area contributed by atoms with Crippen molar-refractivity contribution in [1.82, 2.24) is 30.6 Å². The normalized spacial score (nSPS) is 28.3. The predicted molar refractivity (Wildman–Crippen MR) is 194 cm³/mol. The lowest BCUT2D eigenvalue weighted by atomic mass is 10.0. The number of amides is 5. The van der Waals surface area contributed by atoms with E-state index in [2.05, 4.69) is 37.5 Å². The molecular formula is C38H42N6O9S. The molecule has 1 aromatic carbocycles. The van der Waals surface area contributed by atoms with E-state index < -0.39 is 74.6 Å². The molecular weight excluding hydrogens is 717 g/mol. The van der Waals surface area contributed by atoms with Gasteiger partial charge in [0.15, 0.2) is 6.61 Å². The summed E-state index contributed by atoms with van der Waals surface area (Å²) in [6.07, 6.45) is 6.91. The highest BCUT2D eigenvalue weighted by molar-refractivity contribution is 7.91. The number of carbonyl (C=O) groups excluding carboxylic acids is 5. The van der Waals surface area contributed by atoms with Crippen LogP contribution in [0.25, 0.3) is 11.3 Å². The molecule has 4 N–H and O–H groups in total. The summed E-state index contributed by atoms with van der Waals surface area (Å²) in [5.74, 6) is 2.98. The highest BCUT2D eigenvalue weighted by atomic mass is 32.2. The van der Waals surface area contributed by atoms with E-state index >= 15 is 0 Å². The lowest BCUT2D eigenvalue weighted by molar-refractivity contribution is -0.141. The summed E-state index contributed by atoms with van der Waals surface area (Å²) in [7, 11) is -3.91. The number of rotatable bonds is 3. The molecule has 1 unspecified atom stereocenters. The van der Waals surface area contributed by atoms with E-state index in [1.165, 1.54) is 4.90 Å². The van der Waals surface area contributed by atoms with Gasteiger partial charge in [-0.3, -0.25) is 23.9 Å². The van der Waals surface area contributed by atoms with Crippen LogP contribution in [0, 0.1) is 17.8 Å². The first-order chi connectivity index (χ1) is 26.0. The first kappa shape index (κ1) is 36.9. The third-order valence-corrected chi connectivity index (χ3v) is 12.2. The van der Waals surface area contributed by atoms with Crippen molar-refractivity contribution >= 4 is 39.7 Å². The zero-order chi connectivity index (χ0) is 37.9. The van der Waals surface area contributed by atoms with Crippen LogP contribution in [0.1, 0.15) is 68.3 Å². The second kappa shape index (κ2) is 15.5. The number of allylic oxidation sites excluding steroid dienone is 1. The fraction of sp³-hybridized carbons (Fsp3) is 0.474. The smallest absolute Gasteiger partial charge is 0.408 e. The quantitative estimate of drug-likeness (QED) is 0.265. The highest BCUT2D eigenvalue weighted by Gasteiger charge is 2.62. The van der Waals surface area contributed by atoms with Crippen LogP contribution in [0.2, 0.25) is 0 Å². The summed E-state index contributed by atoms with van der Waals surface area (Å²) < 4.78 is 38.8. The van der Waals surface area contributed by atoms with Crippen LogP contribution in [0.4, 0.5) is 4.79 Å². The molecule has 15 nitrogen and oxygen atoms in total. The first-order valence-electron chi connectivity index (χ1n) is 18.3. The number of hydrogen-bond acceptors (Lipinski definition) is 10. The Morgan fingerprint density at radius 1 is 0.944 bits per heavy atom. The molecule has 2 aromatic rings. The Labute approximate surface area is 313 Å². The van der Waals surface area contributed by atoms with Gasteiger partial charge in [0.25, 0.3) is 11.8 Å². The number of cyclic esters (lactones) is 1. The first-order valence-corrected chi connectivity index (χ1v) is 19.8. The van der Waals surface area contributed by atoms with Crippen LogP contribution in [-0.2, 0) is 29.1 Å². The van der Waals surface area contributed by atoms with Gasteiger partial charge in [0.05, 0.1) is 10.9 Å². The molecule has 284 valence electrons. The topological polar surface area (TPSA) is 202 Å². The molecule has 54 heavy (non-hydrogen) atoms. The van der Waals surface area contributed by atoms with Crippen LogP contribution >= 0.6 is 0 Å². The lowest BCUT2D eigenvalue weighted by Crippen LogP contribution is -2.58. The van der Waals surface area contributed by atoms with Gasteiger partial charge in [-0.2, -0.15) is 0 Å². The SMILES string of the molecule is O=C1N[C@H]2CCCCC/C=C\[C@@H]3CC3(C(=O)NS(=O)(=O)C3CC3)NC(=O)[C@@H]3C[C@H](CN3C2=O)NC(=O)c2cccc(n2)-c2cccc(c2)OCC#CCO1. The third kappa shape index (κ3) is 8.36. The van der Waals surface area contributed by atoms with Crippen LogP contribution in [0.3, 0.4) is 0 Å². The van der Waals surface area contributed by atoms with Gasteiger partial charge in [-0.15, -0.1) is 0 Å². The number of ether oxygens (including phenoxy) is 2. The Hall–Kier alpha value is -5.43. The maximum atomic E-state index is 14.4. The fourth-order valence-corrected chi connectivity index (χ4v) is 8.50. The van der Waals surface area contributed by atoms with E-state index in [1.54, 1.807) is 36.4 Å². The van der Waals surface area contributed by atoms with E-state index in [0.717, 1.165) is 12.8 Å². The molecule has 1 aromatic heterocycles. The number of carbonyl (C=O) groups is 5. The Morgan fingerprint density at radius 2 is 1.72 bits per heavy atom. The number of fused-ring (bicyclic) bond motifs is 8. The molecule has 4 heterocycles. The largest absolute Gasteiger partial charge is 0.481 e. The maximum absolute atomic E-state index is 14.4. The molecule has 2 saturated carbocycles. The third-order valence-electron chi connectivity index (χ3n) is 10.3. The number of aromatic nitrogens is 1. The zero-order valence-electron chi connectivity index (χ0n) is 29.5. The summed E-state index contributed by atoms with van der Waals surface area (Å²) in [5, 5.41) is 7.74. The van der Waals surface area contributed by atoms with Crippen molar-refractivity contribution in [3.05, 3.63) is 60.3 Å². The minimum Gasteiger partial charge on any atom is -0.481 e. The number of sulfonamides is 1. The predicted octanol–water partition coefficient (Wildman–Crippen LogP) is 1.94. The summed E-state index contributed by atoms with van der Waals surface area (Å²) >= 11 is 0. The van der Waals surface area contributed by atoms with Gasteiger partial charge >= 0.3 is 6.09 Å². The highest BCUT2D eigenvalue weighted by Crippen LogP contribution is 2.46. The maximum Gasteiger partial charge on any atom is 0.408 e. The molecule has 0 radical (unpaired) electrons. The Kier molecular flexibility index (Phi) is 10.6. The van der Waals surface area contributed by atoms with Gasteiger partial charge in [-0.05, 0) is 69.2 Å². The van der Waals surface area contributed by atoms with E-state index in [9.17, 15) is 32.4 Å². The van der Waals surface area contributed by atoms with Gasteiger partial charge in [0.1, 0.15) is 35.7 Å². The molecule has 7 bridgehead atoms. The average Bonchev–Trinajstić information content (AvgIpc) is 4.08. The molecule has 2 aliphatic carbocycles. The van der Waals surface area contributed by atoms with E-state index in [4.69, 9.17) is 9.47 Å². The number of pyridine rings is 1. The summed E-state index contributed by atoms with van der Waals surface area (Å²) in [6.45, 7) is -0.330. The van der Waals surface area contributed by atoms with Crippen LogP contribution in [-0.4, -0.2) is 96.7 Å². The van der Waals surface area contributed by atoms with E-state index in [-0.39, 0.29) is 44.7 Å². The van der Waals surface area contributed by atoms with Gasteiger partial charge in [0, 0.05) is 24.1 Å². The molecule has 5 atom stereocenters. The molecule has 5 amide bonds.